The van der Waals surface area contributed by atoms with Crippen molar-refractivity contribution >= 4 is 35.7 Å². The zero-order valence-electron chi connectivity index (χ0n) is 14.7. The van der Waals surface area contributed by atoms with Gasteiger partial charge < -0.3 is 29.4 Å². The number of aromatic nitrogens is 2. The molecule has 0 radical (unpaired) electrons. The second-order valence-corrected chi connectivity index (χ2v) is 10.9. The van der Waals surface area contributed by atoms with Crippen molar-refractivity contribution in [3.8, 4) is 0 Å². The van der Waals surface area contributed by atoms with E-state index in [0.717, 1.165) is 17.7 Å². The van der Waals surface area contributed by atoms with Gasteiger partial charge in [0.05, 0.1) is 6.61 Å². The molecule has 0 amide bonds. The third-order valence-corrected chi connectivity index (χ3v) is 7.68. The summed E-state index contributed by atoms with van der Waals surface area (Å²) in [5, 5.41) is 10.1. The minimum absolute atomic E-state index is 0.0413. The first kappa shape index (κ1) is 25.6. The number of H-pyrrole nitrogens is 1. The van der Waals surface area contributed by atoms with Crippen molar-refractivity contribution in [3.05, 3.63) is 27.4 Å². The number of aliphatic hydroxyl groups is 1. The van der Waals surface area contributed by atoms with Crippen molar-refractivity contribution < 1.29 is 60.6 Å². The quantitative estimate of drug-likeness (QED) is 0.201. The van der Waals surface area contributed by atoms with E-state index < -0.39 is 59.9 Å². The zero-order chi connectivity index (χ0) is 23.1. The number of aliphatic hydroxyl groups excluding tert-OH is 1. The largest absolute Gasteiger partial charge is 0.490 e. The number of nitrogens with zero attached hydrogens (tertiary/aromatic N) is 1. The van der Waals surface area contributed by atoms with Crippen LogP contribution < -0.4 is 5.69 Å². The van der Waals surface area contributed by atoms with E-state index in [4.69, 9.17) is 31.6 Å². The van der Waals surface area contributed by atoms with Gasteiger partial charge in [-0.1, -0.05) is 12.2 Å². The maximum atomic E-state index is 15.0. The molecule has 2 rings (SSSR count). The van der Waals surface area contributed by atoms with Crippen LogP contribution in [0.15, 0.2) is 17.1 Å². The SMILES string of the molecule is C[C@@]1(F)[C@H](O)[C@@H](COP(=O)(O)OP(=O)(O)OP(=O)(O)O)O[C@H]1n1ccc(=S)[nH]c1=O. The summed E-state index contributed by atoms with van der Waals surface area (Å²) in [6.45, 7) is -0.223. The average molecular weight is 516 g/mol. The molecule has 0 aliphatic carbocycles. The highest BCUT2D eigenvalue weighted by Gasteiger charge is 2.56. The lowest BCUT2D eigenvalue weighted by Gasteiger charge is -2.24. The number of nitrogens with one attached hydrogen (secondary N) is 1. The lowest BCUT2D eigenvalue weighted by molar-refractivity contribution is -0.0604. The summed E-state index contributed by atoms with van der Waals surface area (Å²) < 4.78 is 65.9. The molecule has 30 heavy (non-hydrogen) atoms. The Labute approximate surface area is 171 Å². The van der Waals surface area contributed by atoms with Gasteiger partial charge in [0.1, 0.15) is 16.8 Å². The first-order valence-electron chi connectivity index (χ1n) is 7.56. The molecule has 20 heteroatoms. The van der Waals surface area contributed by atoms with Gasteiger partial charge in [0, 0.05) is 6.20 Å². The summed E-state index contributed by atoms with van der Waals surface area (Å²) in [6, 6.07) is 1.24. The van der Waals surface area contributed by atoms with E-state index in [9.17, 15) is 32.9 Å². The molecule has 1 aliphatic rings. The van der Waals surface area contributed by atoms with Crippen LogP contribution in [0.1, 0.15) is 13.2 Å². The number of rotatable bonds is 8. The maximum Gasteiger partial charge on any atom is 0.490 e. The summed E-state index contributed by atoms with van der Waals surface area (Å²) in [5.74, 6) is 0. The van der Waals surface area contributed by atoms with E-state index in [2.05, 4.69) is 18.1 Å². The van der Waals surface area contributed by atoms with Gasteiger partial charge in [-0.15, -0.1) is 0 Å². The number of hydrogen-bond acceptors (Lipinski definition) is 10. The first-order valence-corrected chi connectivity index (χ1v) is 12.5. The predicted octanol–water partition coefficient (Wildman–Crippen LogP) is 0.236. The van der Waals surface area contributed by atoms with E-state index in [1.807, 2.05) is 0 Å². The number of halogens is 1. The van der Waals surface area contributed by atoms with Crippen LogP contribution in [-0.2, 0) is 31.6 Å². The second-order valence-electron chi connectivity index (χ2n) is 6.03. The van der Waals surface area contributed by atoms with Gasteiger partial charge in [-0.3, -0.25) is 14.1 Å². The molecule has 2 unspecified atom stereocenters. The van der Waals surface area contributed by atoms with E-state index in [-0.39, 0.29) is 4.64 Å². The molecule has 2 heterocycles. The molecule has 0 spiro atoms. The highest BCUT2D eigenvalue weighted by molar-refractivity contribution is 7.71. The first-order chi connectivity index (χ1) is 13.4. The van der Waals surface area contributed by atoms with Crippen molar-refractivity contribution in [2.75, 3.05) is 6.61 Å². The van der Waals surface area contributed by atoms with Crippen molar-refractivity contribution in [1.82, 2.24) is 9.55 Å². The Kier molecular flexibility index (Phi) is 7.44. The number of phosphoric ester groups is 1. The minimum atomic E-state index is -5.75. The highest BCUT2D eigenvalue weighted by Crippen LogP contribution is 2.66. The molecule has 15 nitrogen and oxygen atoms in total. The fourth-order valence-electron chi connectivity index (χ4n) is 2.43. The van der Waals surface area contributed by atoms with Crippen LogP contribution >= 0.6 is 35.7 Å². The van der Waals surface area contributed by atoms with Crippen LogP contribution in [-0.4, -0.2) is 58.7 Å². The molecule has 0 aromatic carbocycles. The van der Waals surface area contributed by atoms with E-state index >= 15 is 0 Å². The number of aromatic amines is 1. The standard InChI is InChI=1S/C10H16FN2O13P3S/c1-10(11)7(14)5(24-8(10)13-3-2-6(30)12-9(13)15)4-23-28(19,20)26-29(21,22)25-27(16,17)18/h2-3,5,7-8,14H,4H2,1H3,(H,19,20)(H,21,22)(H,12,15,30)(H2,16,17,18)/t5-,7-,8-,10-/m1/s1. The van der Waals surface area contributed by atoms with Gasteiger partial charge in [0.15, 0.2) is 11.9 Å². The number of phosphoric acid groups is 3. The Morgan fingerprint density at radius 3 is 2.40 bits per heavy atom. The number of ether oxygens (including phenoxy) is 1. The van der Waals surface area contributed by atoms with Crippen LogP contribution in [0.5, 0.6) is 0 Å². The monoisotopic (exact) mass is 516 g/mol. The van der Waals surface area contributed by atoms with E-state index in [0.29, 0.717) is 0 Å². The van der Waals surface area contributed by atoms with E-state index in [1.54, 1.807) is 0 Å². The molecule has 1 aromatic rings. The molecular formula is C10H16FN2O13P3S. The molecule has 0 saturated carbocycles. The Morgan fingerprint density at radius 1 is 1.27 bits per heavy atom. The third-order valence-electron chi connectivity index (χ3n) is 3.64. The highest BCUT2D eigenvalue weighted by atomic mass is 32.1. The number of hydrogen-bond donors (Lipinski definition) is 6. The van der Waals surface area contributed by atoms with Crippen molar-refractivity contribution in [3.63, 3.8) is 0 Å². The van der Waals surface area contributed by atoms with Crippen LogP contribution in [0.4, 0.5) is 4.39 Å². The molecule has 1 aromatic heterocycles. The molecule has 6 N–H and O–H groups in total. The Morgan fingerprint density at radius 2 is 1.87 bits per heavy atom. The van der Waals surface area contributed by atoms with Crippen molar-refractivity contribution in [2.45, 2.75) is 31.0 Å². The van der Waals surface area contributed by atoms with Crippen molar-refractivity contribution in [1.29, 1.82) is 0 Å². The van der Waals surface area contributed by atoms with Gasteiger partial charge in [0.2, 0.25) is 0 Å². The molecule has 1 saturated heterocycles. The predicted molar refractivity (Wildman–Crippen MR) is 95.1 cm³/mol. The Bertz CT molecular complexity index is 1050. The van der Waals surface area contributed by atoms with Crippen LogP contribution in [0.3, 0.4) is 0 Å². The molecule has 172 valence electrons. The minimum Gasteiger partial charge on any atom is -0.387 e. The van der Waals surface area contributed by atoms with Gasteiger partial charge >= 0.3 is 29.2 Å². The lowest BCUT2D eigenvalue weighted by Crippen LogP contribution is -2.42. The fraction of sp³-hybridized carbons (Fsp3) is 0.600. The molecule has 1 aliphatic heterocycles. The van der Waals surface area contributed by atoms with Crippen LogP contribution in [0.2, 0.25) is 0 Å². The van der Waals surface area contributed by atoms with E-state index in [1.165, 1.54) is 6.07 Å². The molecule has 6 atom stereocenters. The fourth-order valence-corrected chi connectivity index (χ4v) is 5.61. The maximum absolute atomic E-state index is 15.0. The summed E-state index contributed by atoms with van der Waals surface area (Å²) in [7, 11) is -16.8. The summed E-state index contributed by atoms with van der Waals surface area (Å²) >= 11 is 4.75. The van der Waals surface area contributed by atoms with Gasteiger partial charge in [-0.05, 0) is 13.0 Å². The average Bonchev–Trinajstić information content (AvgIpc) is 2.73. The second kappa shape index (κ2) is 8.71. The smallest absolute Gasteiger partial charge is 0.387 e. The van der Waals surface area contributed by atoms with Gasteiger partial charge in [-0.2, -0.15) is 8.62 Å². The Balaban J connectivity index is 2.13. The van der Waals surface area contributed by atoms with Crippen LogP contribution in [0, 0.1) is 4.64 Å². The summed E-state index contributed by atoms with van der Waals surface area (Å²) in [5.41, 5.74) is -3.48. The van der Waals surface area contributed by atoms with Gasteiger partial charge in [-0.25, -0.2) is 22.9 Å². The number of alkyl halides is 1. The van der Waals surface area contributed by atoms with Crippen molar-refractivity contribution in [2.24, 2.45) is 0 Å². The topological polar surface area (TPSA) is 227 Å². The normalized spacial score (nSPS) is 31.2. The lowest BCUT2D eigenvalue weighted by atomic mass is 9.98. The Hall–Kier alpha value is -0.640. The van der Waals surface area contributed by atoms with Crippen LogP contribution in [0.25, 0.3) is 0 Å². The summed E-state index contributed by atoms with van der Waals surface area (Å²) in [4.78, 5) is 49.6. The molecule has 0 bridgehead atoms. The van der Waals surface area contributed by atoms with Gasteiger partial charge in [0.25, 0.3) is 0 Å². The molecule has 1 fully saturated rings. The zero-order valence-corrected chi connectivity index (χ0v) is 18.2. The molecular weight excluding hydrogens is 500 g/mol. The third kappa shape index (κ3) is 6.43. The summed E-state index contributed by atoms with van der Waals surface area (Å²) in [6.07, 6.45) is -4.32.